The molecule has 3 nitrogen and oxygen atoms in total. The normalized spacial score (nSPS) is 10.8. The maximum Gasteiger partial charge on any atom is 0.225 e. The van der Waals surface area contributed by atoms with E-state index >= 15 is 0 Å². The van der Waals surface area contributed by atoms with Gasteiger partial charge < -0.3 is 4.90 Å². The van der Waals surface area contributed by atoms with Gasteiger partial charge in [-0.15, -0.1) is 24.5 Å². The van der Waals surface area contributed by atoms with Crippen LogP contribution in [-0.2, 0) is 0 Å². The Hall–Kier alpha value is -2.24. The van der Waals surface area contributed by atoms with Gasteiger partial charge in [-0.3, -0.25) is 0 Å². The van der Waals surface area contributed by atoms with Gasteiger partial charge in [0.25, 0.3) is 0 Å². The van der Waals surface area contributed by atoms with Gasteiger partial charge in [0.1, 0.15) is 16.5 Å². The number of hydrogen-bond donors (Lipinski definition) is 0. The summed E-state index contributed by atoms with van der Waals surface area (Å²) < 4.78 is 13.3. The van der Waals surface area contributed by atoms with Gasteiger partial charge >= 0.3 is 0 Å². The monoisotopic (exact) mass is 373 g/mol. The number of aromatic nitrogens is 2. The molecule has 0 N–H and O–H groups in total. The largest absolute Gasteiger partial charge is 0.348 e. The highest BCUT2D eigenvalue weighted by Crippen LogP contribution is 2.42. The summed E-state index contributed by atoms with van der Waals surface area (Å²) in [5.74, 6) is 0.471. The number of anilines is 1. The van der Waals surface area contributed by atoms with Crippen LogP contribution in [0.3, 0.4) is 0 Å². The first-order chi connectivity index (χ1) is 12.0. The van der Waals surface area contributed by atoms with Gasteiger partial charge in [-0.2, -0.15) is 4.98 Å². The highest BCUT2D eigenvalue weighted by molar-refractivity contribution is 7.19. The van der Waals surface area contributed by atoms with E-state index in [1.165, 1.54) is 12.1 Å². The summed E-state index contributed by atoms with van der Waals surface area (Å²) in [5, 5.41) is 1.12. The van der Waals surface area contributed by atoms with E-state index in [4.69, 9.17) is 11.6 Å². The summed E-state index contributed by atoms with van der Waals surface area (Å²) in [4.78, 5) is 12.8. The average molecular weight is 374 g/mol. The Morgan fingerprint density at radius 1 is 1.16 bits per heavy atom. The number of rotatable bonds is 6. The van der Waals surface area contributed by atoms with Gasteiger partial charge in [0.15, 0.2) is 0 Å². The maximum atomic E-state index is 13.3. The predicted octanol–water partition coefficient (Wildman–Crippen LogP) is 5.64. The number of hydrogen-bond acceptors (Lipinski definition) is 4. The van der Waals surface area contributed by atoms with Crippen LogP contribution in [0.2, 0.25) is 5.28 Å². The fourth-order valence-corrected chi connectivity index (χ4v) is 4.07. The molecule has 0 atom stereocenters. The van der Waals surface area contributed by atoms with Crippen molar-refractivity contribution in [3.05, 3.63) is 65.6 Å². The summed E-state index contributed by atoms with van der Waals surface area (Å²) >= 11 is 7.71. The molecule has 1 aromatic carbocycles. The van der Waals surface area contributed by atoms with E-state index in [1.54, 1.807) is 23.5 Å². The van der Waals surface area contributed by atoms with Crippen LogP contribution in [0.15, 0.2) is 49.6 Å². The molecule has 6 heteroatoms. The summed E-state index contributed by atoms with van der Waals surface area (Å²) in [7, 11) is 0. The van der Waals surface area contributed by atoms with Gasteiger partial charge in [0, 0.05) is 23.5 Å². The molecule has 25 heavy (non-hydrogen) atoms. The SMILES string of the molecule is C=CCN(CC=C)c1nc(Cl)nc2sc(C)c(-c3ccc(F)cc3)c12. The first kappa shape index (κ1) is 17.6. The molecule has 0 fully saturated rings. The van der Waals surface area contributed by atoms with Crippen LogP contribution in [-0.4, -0.2) is 23.1 Å². The molecule has 0 aliphatic rings. The van der Waals surface area contributed by atoms with Crippen LogP contribution in [0.25, 0.3) is 21.3 Å². The molecule has 0 amide bonds. The van der Waals surface area contributed by atoms with E-state index in [1.807, 2.05) is 24.0 Å². The lowest BCUT2D eigenvalue weighted by Gasteiger charge is -2.22. The number of nitrogens with zero attached hydrogens (tertiary/aromatic N) is 3. The minimum atomic E-state index is -0.264. The quantitative estimate of drug-likeness (QED) is 0.413. The topological polar surface area (TPSA) is 29.0 Å². The fourth-order valence-electron chi connectivity index (χ4n) is 2.82. The van der Waals surface area contributed by atoms with Crippen molar-refractivity contribution in [2.24, 2.45) is 0 Å². The zero-order valence-electron chi connectivity index (χ0n) is 13.8. The van der Waals surface area contributed by atoms with Crippen molar-refractivity contribution in [3.63, 3.8) is 0 Å². The molecule has 128 valence electrons. The minimum Gasteiger partial charge on any atom is -0.348 e. The third-order valence-electron chi connectivity index (χ3n) is 3.81. The van der Waals surface area contributed by atoms with Gasteiger partial charge in [0.05, 0.1) is 5.39 Å². The molecule has 0 radical (unpaired) electrons. The lowest BCUT2D eigenvalue weighted by Crippen LogP contribution is -2.24. The van der Waals surface area contributed by atoms with Crippen LogP contribution in [0.5, 0.6) is 0 Å². The standard InChI is InChI=1S/C19H17ClFN3S/c1-4-10-24(11-5-2)17-16-15(13-6-8-14(21)9-7-13)12(3)25-18(16)23-19(20)22-17/h4-9H,1-2,10-11H2,3H3. The lowest BCUT2D eigenvalue weighted by molar-refractivity contribution is 0.628. The third kappa shape index (κ3) is 3.43. The van der Waals surface area contributed by atoms with Gasteiger partial charge in [-0.25, -0.2) is 9.37 Å². The van der Waals surface area contributed by atoms with E-state index in [2.05, 4.69) is 23.1 Å². The van der Waals surface area contributed by atoms with E-state index in [0.717, 1.165) is 32.0 Å². The summed E-state index contributed by atoms with van der Waals surface area (Å²) in [6.07, 6.45) is 3.62. The van der Waals surface area contributed by atoms with Crippen molar-refractivity contribution in [2.75, 3.05) is 18.0 Å². The zero-order valence-corrected chi connectivity index (χ0v) is 15.4. The van der Waals surface area contributed by atoms with E-state index in [0.29, 0.717) is 13.1 Å². The van der Waals surface area contributed by atoms with Crippen LogP contribution in [0, 0.1) is 12.7 Å². The second-order valence-electron chi connectivity index (χ2n) is 5.52. The first-order valence-electron chi connectivity index (χ1n) is 7.74. The summed E-state index contributed by atoms with van der Waals surface area (Å²) in [6.45, 7) is 10.9. The second-order valence-corrected chi connectivity index (χ2v) is 7.06. The molecule has 2 aromatic heterocycles. The number of fused-ring (bicyclic) bond motifs is 1. The Balaban J connectivity index is 2.30. The van der Waals surface area contributed by atoms with Crippen molar-refractivity contribution in [2.45, 2.75) is 6.92 Å². The van der Waals surface area contributed by atoms with Crippen LogP contribution in [0.1, 0.15) is 4.88 Å². The van der Waals surface area contributed by atoms with Crippen molar-refractivity contribution in [1.82, 2.24) is 9.97 Å². The Morgan fingerprint density at radius 2 is 1.80 bits per heavy atom. The number of benzene rings is 1. The maximum absolute atomic E-state index is 13.3. The molecule has 3 aromatic rings. The Bertz CT molecular complexity index is 924. The highest BCUT2D eigenvalue weighted by atomic mass is 35.5. The molecule has 0 aliphatic carbocycles. The second kappa shape index (κ2) is 7.33. The molecule has 0 bridgehead atoms. The zero-order chi connectivity index (χ0) is 18.0. The molecule has 0 unspecified atom stereocenters. The lowest BCUT2D eigenvalue weighted by atomic mass is 10.0. The van der Waals surface area contributed by atoms with E-state index < -0.39 is 0 Å². The Morgan fingerprint density at radius 3 is 2.40 bits per heavy atom. The van der Waals surface area contributed by atoms with Gasteiger partial charge in [-0.05, 0) is 36.2 Å². The Kier molecular flexibility index (Phi) is 5.16. The van der Waals surface area contributed by atoms with Crippen molar-refractivity contribution in [1.29, 1.82) is 0 Å². The summed E-state index contributed by atoms with van der Waals surface area (Å²) in [5.41, 5.74) is 1.93. The third-order valence-corrected chi connectivity index (χ3v) is 4.98. The predicted molar refractivity (Wildman–Crippen MR) is 105 cm³/mol. The van der Waals surface area contributed by atoms with Crippen molar-refractivity contribution in [3.8, 4) is 11.1 Å². The van der Waals surface area contributed by atoms with Crippen LogP contribution >= 0.6 is 22.9 Å². The van der Waals surface area contributed by atoms with E-state index in [9.17, 15) is 4.39 Å². The first-order valence-corrected chi connectivity index (χ1v) is 8.94. The minimum absolute atomic E-state index is 0.201. The molecule has 0 aliphatic heterocycles. The molecule has 0 saturated carbocycles. The molecular weight excluding hydrogens is 357 g/mol. The van der Waals surface area contributed by atoms with Gasteiger partial charge in [0.2, 0.25) is 5.28 Å². The summed E-state index contributed by atoms with van der Waals surface area (Å²) in [6, 6.07) is 6.46. The number of aryl methyl sites for hydroxylation is 1. The van der Waals surface area contributed by atoms with Crippen LogP contribution < -0.4 is 4.90 Å². The molecule has 2 heterocycles. The van der Waals surface area contributed by atoms with Crippen LogP contribution in [0.4, 0.5) is 10.2 Å². The molecular formula is C19H17ClFN3S. The molecule has 3 rings (SSSR count). The average Bonchev–Trinajstić information content (AvgIpc) is 2.90. The fraction of sp³-hybridized carbons (Fsp3) is 0.158. The van der Waals surface area contributed by atoms with Gasteiger partial charge in [-0.1, -0.05) is 24.3 Å². The van der Waals surface area contributed by atoms with Crippen molar-refractivity contribution >= 4 is 39.0 Å². The van der Waals surface area contributed by atoms with E-state index in [-0.39, 0.29) is 11.1 Å². The van der Waals surface area contributed by atoms with Crippen molar-refractivity contribution < 1.29 is 4.39 Å². The molecule has 0 spiro atoms. The number of thiophene rings is 1. The Labute approximate surface area is 155 Å². The smallest absolute Gasteiger partial charge is 0.225 e. The highest BCUT2D eigenvalue weighted by Gasteiger charge is 2.21. The number of halogens is 2. The molecule has 0 saturated heterocycles.